The lowest BCUT2D eigenvalue weighted by atomic mass is 9.83. The van der Waals surface area contributed by atoms with Gasteiger partial charge in [0, 0.05) is 5.56 Å². The van der Waals surface area contributed by atoms with Crippen molar-refractivity contribution in [1.82, 2.24) is 10.2 Å². The third kappa shape index (κ3) is 3.13. The van der Waals surface area contributed by atoms with Gasteiger partial charge in [0.25, 0.3) is 0 Å². The standard InChI is InChI=1S/C23H20N4O6/c1-28-16-7-12(8-17(29-2)21(16)30-3)20-19-18(11-4-5-14-15(6-11)32-10-31-14)13(9-24)22(25)33-23(19)27-26-20/h4-8,18H,10,25H2,1-3H3,(H,26,27)/t18-/m0/s1. The van der Waals surface area contributed by atoms with Crippen molar-refractivity contribution >= 4 is 0 Å². The Morgan fingerprint density at radius 2 is 1.79 bits per heavy atom. The Bertz CT molecular complexity index is 1300. The number of H-pyrrole nitrogens is 1. The number of aromatic amines is 1. The average molecular weight is 448 g/mol. The zero-order valence-corrected chi connectivity index (χ0v) is 18.1. The van der Waals surface area contributed by atoms with Crippen LogP contribution in [-0.4, -0.2) is 38.3 Å². The summed E-state index contributed by atoms with van der Waals surface area (Å²) >= 11 is 0. The second-order valence-electron chi connectivity index (χ2n) is 7.27. The van der Waals surface area contributed by atoms with Crippen molar-refractivity contribution in [1.29, 1.82) is 5.26 Å². The Balaban J connectivity index is 1.72. The minimum atomic E-state index is -0.555. The maximum atomic E-state index is 9.93. The van der Waals surface area contributed by atoms with E-state index in [0.29, 0.717) is 45.6 Å². The Morgan fingerprint density at radius 3 is 2.45 bits per heavy atom. The van der Waals surface area contributed by atoms with E-state index >= 15 is 0 Å². The smallest absolute Gasteiger partial charge is 0.244 e. The number of hydrogen-bond acceptors (Lipinski definition) is 9. The largest absolute Gasteiger partial charge is 0.493 e. The topological polar surface area (TPSA) is 134 Å². The van der Waals surface area contributed by atoms with Crippen molar-refractivity contribution < 1.29 is 28.4 Å². The molecule has 5 rings (SSSR count). The Kier molecular flexibility index (Phi) is 4.86. The first kappa shape index (κ1) is 20.4. The van der Waals surface area contributed by atoms with Crippen molar-refractivity contribution in [3.05, 3.63) is 52.9 Å². The first-order chi connectivity index (χ1) is 16.1. The Morgan fingerprint density at radius 1 is 1.06 bits per heavy atom. The highest BCUT2D eigenvalue weighted by Crippen LogP contribution is 2.49. The molecule has 3 N–H and O–H groups in total. The van der Waals surface area contributed by atoms with E-state index in [0.717, 1.165) is 5.56 Å². The normalized spacial score (nSPS) is 16.0. The van der Waals surface area contributed by atoms with Gasteiger partial charge >= 0.3 is 0 Å². The molecule has 33 heavy (non-hydrogen) atoms. The minimum Gasteiger partial charge on any atom is -0.493 e. The molecule has 0 fully saturated rings. The number of fused-ring (bicyclic) bond motifs is 2. The van der Waals surface area contributed by atoms with Gasteiger partial charge in [-0.1, -0.05) is 6.07 Å². The summed E-state index contributed by atoms with van der Waals surface area (Å²) in [5.74, 6) is 2.36. The molecule has 0 saturated carbocycles. The van der Waals surface area contributed by atoms with Crippen LogP contribution in [0.2, 0.25) is 0 Å². The second-order valence-corrected chi connectivity index (χ2v) is 7.27. The van der Waals surface area contributed by atoms with Gasteiger partial charge in [-0.3, -0.25) is 5.10 Å². The van der Waals surface area contributed by atoms with Crippen molar-refractivity contribution in [2.45, 2.75) is 5.92 Å². The van der Waals surface area contributed by atoms with E-state index in [1.54, 1.807) is 32.4 Å². The lowest BCUT2D eigenvalue weighted by Gasteiger charge is -2.24. The van der Waals surface area contributed by atoms with Crippen LogP contribution in [0.1, 0.15) is 17.0 Å². The van der Waals surface area contributed by atoms with Gasteiger partial charge in [0.05, 0.1) is 38.5 Å². The molecule has 3 heterocycles. The quantitative estimate of drug-likeness (QED) is 0.604. The predicted octanol–water partition coefficient (Wildman–Crippen LogP) is 3.05. The SMILES string of the molecule is COc1cc(-c2[nH]nc3c2[C@@H](c2ccc4c(c2)OCO4)C(C#N)=C(N)O3)cc(OC)c1OC. The van der Waals surface area contributed by atoms with Gasteiger partial charge in [-0.15, -0.1) is 5.10 Å². The molecular weight excluding hydrogens is 428 g/mol. The maximum Gasteiger partial charge on any atom is 0.244 e. The fraction of sp³-hybridized carbons (Fsp3) is 0.217. The van der Waals surface area contributed by atoms with Crippen LogP contribution in [-0.2, 0) is 0 Å². The summed E-state index contributed by atoms with van der Waals surface area (Å²) in [6.07, 6.45) is 0. The molecule has 3 aromatic rings. The highest BCUT2D eigenvalue weighted by Gasteiger charge is 2.36. The van der Waals surface area contributed by atoms with Gasteiger partial charge in [0.15, 0.2) is 23.0 Å². The lowest BCUT2D eigenvalue weighted by Crippen LogP contribution is -2.21. The molecule has 1 atom stereocenters. The lowest BCUT2D eigenvalue weighted by molar-refractivity contribution is 0.174. The van der Waals surface area contributed by atoms with Crippen LogP contribution < -0.4 is 34.2 Å². The molecular formula is C23H20N4O6. The molecule has 2 aliphatic heterocycles. The zero-order chi connectivity index (χ0) is 23.1. The summed E-state index contributed by atoms with van der Waals surface area (Å²) < 4.78 is 33.1. The molecule has 0 radical (unpaired) electrons. The fourth-order valence-corrected chi connectivity index (χ4v) is 4.12. The third-order valence-corrected chi connectivity index (χ3v) is 5.62. The van der Waals surface area contributed by atoms with Gasteiger partial charge < -0.3 is 34.2 Å². The van der Waals surface area contributed by atoms with Crippen LogP contribution in [0.4, 0.5) is 0 Å². The van der Waals surface area contributed by atoms with Crippen LogP contribution in [0.25, 0.3) is 11.3 Å². The maximum absolute atomic E-state index is 9.93. The number of nitrogens with zero attached hydrogens (tertiary/aromatic N) is 2. The van der Waals surface area contributed by atoms with E-state index in [1.165, 1.54) is 7.11 Å². The van der Waals surface area contributed by atoms with Crippen molar-refractivity contribution in [3.63, 3.8) is 0 Å². The molecule has 0 unspecified atom stereocenters. The van der Waals surface area contributed by atoms with Gasteiger partial charge in [-0.25, -0.2) is 0 Å². The molecule has 10 heteroatoms. The van der Waals surface area contributed by atoms with E-state index in [2.05, 4.69) is 16.3 Å². The van der Waals surface area contributed by atoms with Gasteiger partial charge in [-0.05, 0) is 29.8 Å². The number of nitrogens with one attached hydrogen (secondary N) is 1. The summed E-state index contributed by atoms with van der Waals surface area (Å²) in [5, 5.41) is 17.3. The second kappa shape index (κ2) is 7.87. The zero-order valence-electron chi connectivity index (χ0n) is 18.1. The summed E-state index contributed by atoms with van der Waals surface area (Å²) in [4.78, 5) is 0. The van der Waals surface area contributed by atoms with Crippen molar-refractivity contribution in [3.8, 4) is 52.0 Å². The minimum absolute atomic E-state index is 0.00407. The molecule has 168 valence electrons. The van der Waals surface area contributed by atoms with E-state index in [-0.39, 0.29) is 24.1 Å². The number of allylic oxidation sites excluding steroid dienone is 1. The van der Waals surface area contributed by atoms with E-state index < -0.39 is 5.92 Å². The van der Waals surface area contributed by atoms with E-state index in [1.807, 2.05) is 12.1 Å². The fourth-order valence-electron chi connectivity index (χ4n) is 4.12. The average Bonchev–Trinajstić information content (AvgIpc) is 3.48. The molecule has 0 saturated heterocycles. The van der Waals surface area contributed by atoms with Crippen LogP contribution in [0.3, 0.4) is 0 Å². The number of ether oxygens (including phenoxy) is 6. The molecule has 1 aromatic heterocycles. The van der Waals surface area contributed by atoms with Crippen LogP contribution in [0, 0.1) is 11.3 Å². The van der Waals surface area contributed by atoms with Crippen molar-refractivity contribution in [2.75, 3.05) is 28.1 Å². The number of benzene rings is 2. The molecule has 0 bridgehead atoms. The number of hydrogen-bond donors (Lipinski definition) is 2. The van der Waals surface area contributed by atoms with E-state index in [9.17, 15) is 5.26 Å². The van der Waals surface area contributed by atoms with Crippen LogP contribution in [0.15, 0.2) is 41.8 Å². The number of methoxy groups -OCH3 is 3. The summed E-state index contributed by atoms with van der Waals surface area (Å²) in [6, 6.07) is 11.3. The highest BCUT2D eigenvalue weighted by molar-refractivity contribution is 5.75. The number of rotatable bonds is 5. The Hall–Kier alpha value is -4.52. The first-order valence-corrected chi connectivity index (χ1v) is 9.95. The van der Waals surface area contributed by atoms with Gasteiger partial charge in [0.1, 0.15) is 11.6 Å². The van der Waals surface area contributed by atoms with Crippen LogP contribution in [0.5, 0.6) is 34.6 Å². The van der Waals surface area contributed by atoms with Gasteiger partial charge in [-0.2, -0.15) is 5.26 Å². The van der Waals surface area contributed by atoms with Crippen LogP contribution >= 0.6 is 0 Å². The number of nitrogens with two attached hydrogens (primary N) is 1. The molecule has 0 amide bonds. The number of nitriles is 1. The van der Waals surface area contributed by atoms with E-state index in [4.69, 9.17) is 34.2 Å². The molecule has 0 spiro atoms. The molecule has 2 aromatic carbocycles. The summed E-state index contributed by atoms with van der Waals surface area (Å²) in [6.45, 7) is 0.142. The predicted molar refractivity (Wildman–Crippen MR) is 116 cm³/mol. The van der Waals surface area contributed by atoms with Crippen molar-refractivity contribution in [2.24, 2.45) is 5.73 Å². The first-order valence-electron chi connectivity index (χ1n) is 9.95. The van der Waals surface area contributed by atoms with Gasteiger partial charge in [0.2, 0.25) is 24.3 Å². The summed E-state index contributed by atoms with van der Waals surface area (Å²) in [5.41, 5.74) is 9.09. The number of aromatic nitrogens is 2. The molecule has 2 aliphatic rings. The Labute approximate surface area is 189 Å². The highest BCUT2D eigenvalue weighted by atomic mass is 16.7. The molecule has 10 nitrogen and oxygen atoms in total. The molecule has 0 aliphatic carbocycles. The monoisotopic (exact) mass is 448 g/mol. The third-order valence-electron chi connectivity index (χ3n) is 5.62. The summed E-state index contributed by atoms with van der Waals surface area (Å²) in [7, 11) is 4.62.